The number of ether oxygens (including phenoxy) is 1. The first kappa shape index (κ1) is 15.3. The minimum atomic E-state index is -0.430. The molecule has 22 heavy (non-hydrogen) atoms. The van der Waals surface area contributed by atoms with Crippen LogP contribution in [0, 0.1) is 0 Å². The zero-order valence-electron chi connectivity index (χ0n) is 13.8. The van der Waals surface area contributed by atoms with Gasteiger partial charge in [-0.2, -0.15) is 5.10 Å². The van der Waals surface area contributed by atoms with Gasteiger partial charge >= 0.3 is 6.09 Å². The molecule has 1 aromatic rings. The molecular weight excluding hydrogens is 280 g/mol. The Kier molecular flexibility index (Phi) is 4.12. The Hall–Kier alpha value is -1.56. The third-order valence-corrected chi connectivity index (χ3v) is 4.35. The third-order valence-electron chi connectivity index (χ3n) is 4.35. The molecule has 0 saturated carbocycles. The second-order valence-corrected chi connectivity index (χ2v) is 7.33. The summed E-state index contributed by atoms with van der Waals surface area (Å²) >= 11 is 0. The fourth-order valence-electron chi connectivity index (χ4n) is 3.32. The van der Waals surface area contributed by atoms with Crippen LogP contribution < -0.4 is 0 Å². The van der Waals surface area contributed by atoms with Crippen LogP contribution in [-0.4, -0.2) is 57.4 Å². The van der Waals surface area contributed by atoms with Crippen molar-refractivity contribution in [2.24, 2.45) is 0 Å². The van der Waals surface area contributed by atoms with Crippen LogP contribution in [-0.2, 0) is 17.7 Å². The van der Waals surface area contributed by atoms with Crippen molar-refractivity contribution >= 4 is 6.09 Å². The molecule has 2 aliphatic heterocycles. The predicted octanol–water partition coefficient (Wildman–Crippen LogP) is 2.17. The normalized spacial score (nSPS) is 22.7. The molecule has 0 bridgehead atoms. The highest BCUT2D eigenvalue weighted by Gasteiger charge is 2.33. The smallest absolute Gasteiger partial charge is 0.410 e. The number of hydrogen-bond donors (Lipinski definition) is 1. The van der Waals surface area contributed by atoms with E-state index in [1.165, 1.54) is 11.3 Å². The molecule has 0 spiro atoms. The summed E-state index contributed by atoms with van der Waals surface area (Å²) in [6, 6.07) is 0.267. The van der Waals surface area contributed by atoms with Crippen LogP contribution in [0.15, 0.2) is 6.20 Å². The van der Waals surface area contributed by atoms with Gasteiger partial charge < -0.3 is 9.64 Å². The van der Waals surface area contributed by atoms with Crippen LogP contribution in [0.25, 0.3) is 0 Å². The van der Waals surface area contributed by atoms with E-state index in [9.17, 15) is 4.79 Å². The summed E-state index contributed by atoms with van der Waals surface area (Å²) < 4.78 is 5.54. The predicted molar refractivity (Wildman–Crippen MR) is 83.5 cm³/mol. The lowest BCUT2D eigenvalue weighted by atomic mass is 10.1. The Morgan fingerprint density at radius 3 is 3.05 bits per heavy atom. The van der Waals surface area contributed by atoms with Crippen LogP contribution in [0.3, 0.4) is 0 Å². The van der Waals surface area contributed by atoms with Gasteiger partial charge in [-0.05, 0) is 33.6 Å². The maximum absolute atomic E-state index is 12.3. The molecule has 6 nitrogen and oxygen atoms in total. The second-order valence-electron chi connectivity index (χ2n) is 7.33. The van der Waals surface area contributed by atoms with Crippen molar-refractivity contribution in [3.8, 4) is 0 Å². The Morgan fingerprint density at radius 1 is 1.45 bits per heavy atom. The largest absolute Gasteiger partial charge is 0.444 e. The summed E-state index contributed by atoms with van der Waals surface area (Å²) in [5, 5.41) is 7.18. The molecule has 1 N–H and O–H groups in total. The highest BCUT2D eigenvalue weighted by molar-refractivity contribution is 5.69. The summed E-state index contributed by atoms with van der Waals surface area (Å²) in [6.07, 6.45) is 4.88. The van der Waals surface area contributed by atoms with Gasteiger partial charge in [0.2, 0.25) is 0 Å². The van der Waals surface area contributed by atoms with E-state index in [0.717, 1.165) is 45.4 Å². The van der Waals surface area contributed by atoms with Crippen LogP contribution in [0.1, 0.15) is 44.9 Å². The van der Waals surface area contributed by atoms with Gasteiger partial charge in [0.25, 0.3) is 0 Å². The maximum Gasteiger partial charge on any atom is 0.410 e. The molecule has 0 aliphatic carbocycles. The van der Waals surface area contributed by atoms with Gasteiger partial charge in [0, 0.05) is 49.9 Å². The highest BCUT2D eigenvalue weighted by Crippen LogP contribution is 2.24. The van der Waals surface area contributed by atoms with E-state index in [1.807, 2.05) is 31.9 Å². The number of rotatable bonds is 2. The quantitative estimate of drug-likeness (QED) is 0.909. The van der Waals surface area contributed by atoms with Crippen molar-refractivity contribution in [3.63, 3.8) is 0 Å². The number of aromatic amines is 1. The number of H-pyrrole nitrogens is 1. The second kappa shape index (κ2) is 5.91. The number of nitrogens with zero attached hydrogens (tertiary/aromatic N) is 3. The van der Waals surface area contributed by atoms with Gasteiger partial charge in [-0.15, -0.1) is 0 Å². The molecule has 3 rings (SSSR count). The molecule has 0 radical (unpaired) electrons. The van der Waals surface area contributed by atoms with Crippen molar-refractivity contribution < 1.29 is 9.53 Å². The van der Waals surface area contributed by atoms with Gasteiger partial charge in [-0.3, -0.25) is 10.00 Å². The maximum atomic E-state index is 12.3. The highest BCUT2D eigenvalue weighted by atomic mass is 16.6. The molecule has 0 aromatic carbocycles. The number of carbonyl (C=O) groups is 1. The van der Waals surface area contributed by atoms with E-state index in [0.29, 0.717) is 0 Å². The van der Waals surface area contributed by atoms with Crippen molar-refractivity contribution in [2.75, 3.05) is 19.6 Å². The van der Waals surface area contributed by atoms with Crippen molar-refractivity contribution in [2.45, 2.75) is 58.2 Å². The van der Waals surface area contributed by atoms with Crippen molar-refractivity contribution in [1.82, 2.24) is 20.0 Å². The monoisotopic (exact) mass is 306 g/mol. The Labute approximate surface area is 131 Å². The summed E-state index contributed by atoms with van der Waals surface area (Å²) in [7, 11) is 0. The van der Waals surface area contributed by atoms with E-state index >= 15 is 0 Å². The van der Waals surface area contributed by atoms with Crippen molar-refractivity contribution in [3.05, 3.63) is 17.5 Å². The van der Waals surface area contributed by atoms with E-state index in [4.69, 9.17) is 4.74 Å². The lowest BCUT2D eigenvalue weighted by molar-refractivity contribution is 0.0192. The van der Waals surface area contributed by atoms with Gasteiger partial charge in [-0.1, -0.05) is 0 Å². The number of amides is 1. The molecule has 1 fully saturated rings. The molecular formula is C16H26N4O2. The Morgan fingerprint density at radius 2 is 2.27 bits per heavy atom. The topological polar surface area (TPSA) is 61.5 Å². The zero-order valence-corrected chi connectivity index (χ0v) is 13.8. The number of fused-ring (bicyclic) bond motifs is 1. The lowest BCUT2D eigenvalue weighted by Gasteiger charge is -2.33. The molecule has 1 saturated heterocycles. The first-order valence-corrected chi connectivity index (χ1v) is 8.15. The summed E-state index contributed by atoms with van der Waals surface area (Å²) in [4.78, 5) is 16.7. The molecule has 2 aliphatic rings. The Bertz CT molecular complexity index is 534. The Balaban J connectivity index is 1.59. The number of likely N-dealkylation sites (tertiary alicyclic amines) is 1. The number of hydrogen-bond acceptors (Lipinski definition) is 4. The molecule has 3 heterocycles. The van der Waals surface area contributed by atoms with Crippen LogP contribution >= 0.6 is 0 Å². The molecule has 1 atom stereocenters. The summed E-state index contributed by atoms with van der Waals surface area (Å²) in [6.45, 7) is 9.43. The zero-order chi connectivity index (χ0) is 15.7. The van der Waals surface area contributed by atoms with Crippen LogP contribution in [0.4, 0.5) is 4.79 Å². The molecule has 0 unspecified atom stereocenters. The van der Waals surface area contributed by atoms with E-state index in [1.54, 1.807) is 0 Å². The van der Waals surface area contributed by atoms with Gasteiger partial charge in [0.05, 0.1) is 6.20 Å². The first-order valence-electron chi connectivity index (χ1n) is 8.15. The molecule has 1 amide bonds. The third kappa shape index (κ3) is 3.43. The van der Waals surface area contributed by atoms with Crippen LogP contribution in [0.2, 0.25) is 0 Å². The molecule has 122 valence electrons. The first-order chi connectivity index (χ1) is 10.4. The lowest BCUT2D eigenvalue weighted by Crippen LogP contribution is -2.46. The van der Waals surface area contributed by atoms with E-state index in [2.05, 4.69) is 15.1 Å². The average molecular weight is 306 g/mol. The summed E-state index contributed by atoms with van der Waals surface area (Å²) in [5.74, 6) is 0. The number of carbonyl (C=O) groups excluding carboxylic acids is 1. The fourth-order valence-corrected chi connectivity index (χ4v) is 3.32. The average Bonchev–Trinajstić information content (AvgIpc) is 3.04. The van der Waals surface area contributed by atoms with E-state index < -0.39 is 5.60 Å². The SMILES string of the molecule is CC(C)(C)OC(=O)N1CCC[C@@H]1CN1CCc2[nH]ncc2C1. The standard InChI is InChI=1S/C16H26N4O2/c1-16(2,3)22-15(21)20-7-4-5-13(20)11-19-8-6-14-12(10-19)9-17-18-14/h9,13H,4-8,10-11H2,1-3H3,(H,17,18)/t13-/m1/s1. The van der Waals surface area contributed by atoms with Gasteiger partial charge in [0.1, 0.15) is 5.60 Å². The van der Waals surface area contributed by atoms with Crippen molar-refractivity contribution in [1.29, 1.82) is 0 Å². The minimum Gasteiger partial charge on any atom is -0.444 e. The molecule has 1 aromatic heterocycles. The van der Waals surface area contributed by atoms with Gasteiger partial charge in [0.15, 0.2) is 0 Å². The fraction of sp³-hybridized carbons (Fsp3) is 0.750. The van der Waals surface area contributed by atoms with Crippen LogP contribution in [0.5, 0.6) is 0 Å². The number of aromatic nitrogens is 2. The van der Waals surface area contributed by atoms with Gasteiger partial charge in [-0.25, -0.2) is 4.79 Å². The summed E-state index contributed by atoms with van der Waals surface area (Å²) in [5.41, 5.74) is 2.11. The number of nitrogens with one attached hydrogen (secondary N) is 1. The van der Waals surface area contributed by atoms with E-state index in [-0.39, 0.29) is 12.1 Å². The minimum absolute atomic E-state index is 0.170. The molecule has 6 heteroatoms.